The molecule has 2 aliphatic heterocycles. The monoisotopic (exact) mass is 333 g/mol. The van der Waals surface area contributed by atoms with Crippen LogP contribution in [0.15, 0.2) is 24.3 Å². The average Bonchev–Trinajstić information content (AvgIpc) is 2.63. The van der Waals surface area contributed by atoms with Crippen molar-refractivity contribution in [2.24, 2.45) is 5.92 Å². The highest BCUT2D eigenvalue weighted by Gasteiger charge is 2.22. The maximum absolute atomic E-state index is 12.2. The fraction of sp³-hybridized carbons (Fsp3) is 0.611. The van der Waals surface area contributed by atoms with Crippen LogP contribution in [0.3, 0.4) is 0 Å². The van der Waals surface area contributed by atoms with Gasteiger partial charge in [-0.25, -0.2) is 0 Å². The SMILES string of the molecule is O=C(Nc1cccc(CN2CCC(CO)CC2)c1)[C@H]1CNCCO1. The molecule has 0 saturated carbocycles. The zero-order valence-electron chi connectivity index (χ0n) is 14.0. The Morgan fingerprint density at radius 3 is 2.92 bits per heavy atom. The molecule has 1 atom stereocenters. The number of hydrogen-bond donors (Lipinski definition) is 3. The summed E-state index contributed by atoms with van der Waals surface area (Å²) in [6.45, 7) is 5.14. The van der Waals surface area contributed by atoms with Gasteiger partial charge in [0, 0.05) is 31.9 Å². The lowest BCUT2D eigenvalue weighted by molar-refractivity contribution is -0.128. The van der Waals surface area contributed by atoms with Gasteiger partial charge in [-0.1, -0.05) is 12.1 Å². The van der Waals surface area contributed by atoms with Crippen LogP contribution in [0.4, 0.5) is 5.69 Å². The van der Waals surface area contributed by atoms with E-state index in [1.165, 1.54) is 5.56 Å². The van der Waals surface area contributed by atoms with Crippen LogP contribution in [0.1, 0.15) is 18.4 Å². The van der Waals surface area contributed by atoms with Crippen molar-refractivity contribution in [2.75, 3.05) is 44.7 Å². The zero-order chi connectivity index (χ0) is 16.8. The van der Waals surface area contributed by atoms with E-state index in [1.54, 1.807) is 0 Å². The third kappa shape index (κ3) is 4.77. The van der Waals surface area contributed by atoms with Crippen molar-refractivity contribution in [3.63, 3.8) is 0 Å². The van der Waals surface area contributed by atoms with E-state index in [2.05, 4.69) is 21.6 Å². The summed E-state index contributed by atoms with van der Waals surface area (Å²) in [5.74, 6) is 0.360. The van der Waals surface area contributed by atoms with Crippen LogP contribution in [-0.4, -0.2) is 61.4 Å². The number of benzene rings is 1. The first-order valence-corrected chi connectivity index (χ1v) is 8.80. The molecule has 1 aromatic rings. The van der Waals surface area contributed by atoms with Crippen molar-refractivity contribution in [1.29, 1.82) is 0 Å². The molecular weight excluding hydrogens is 306 g/mol. The van der Waals surface area contributed by atoms with E-state index < -0.39 is 6.10 Å². The Morgan fingerprint density at radius 2 is 2.21 bits per heavy atom. The summed E-state index contributed by atoms with van der Waals surface area (Å²) in [4.78, 5) is 14.6. The highest BCUT2D eigenvalue weighted by Crippen LogP contribution is 2.20. The molecule has 0 unspecified atom stereocenters. The smallest absolute Gasteiger partial charge is 0.254 e. The predicted octanol–water partition coefficient (Wildman–Crippen LogP) is 0.818. The van der Waals surface area contributed by atoms with Crippen molar-refractivity contribution in [3.8, 4) is 0 Å². The largest absolute Gasteiger partial charge is 0.396 e. The molecule has 3 rings (SSSR count). The number of rotatable bonds is 5. The molecule has 1 aromatic carbocycles. The highest BCUT2D eigenvalue weighted by molar-refractivity contribution is 5.94. The fourth-order valence-electron chi connectivity index (χ4n) is 3.29. The number of amides is 1. The molecule has 2 fully saturated rings. The number of morpholine rings is 1. The van der Waals surface area contributed by atoms with Gasteiger partial charge in [-0.2, -0.15) is 0 Å². The molecule has 0 radical (unpaired) electrons. The minimum Gasteiger partial charge on any atom is -0.396 e. The Balaban J connectivity index is 1.53. The van der Waals surface area contributed by atoms with Gasteiger partial charge < -0.3 is 20.5 Å². The lowest BCUT2D eigenvalue weighted by Gasteiger charge is -2.31. The Labute approximate surface area is 143 Å². The molecule has 6 heteroatoms. The Morgan fingerprint density at radius 1 is 1.38 bits per heavy atom. The molecule has 1 amide bonds. The van der Waals surface area contributed by atoms with Crippen LogP contribution in [0.2, 0.25) is 0 Å². The number of carbonyl (C=O) groups excluding carboxylic acids is 1. The molecule has 2 heterocycles. The second-order valence-electron chi connectivity index (χ2n) is 6.66. The minimum atomic E-state index is -0.417. The van der Waals surface area contributed by atoms with Crippen molar-refractivity contribution in [2.45, 2.75) is 25.5 Å². The second-order valence-corrected chi connectivity index (χ2v) is 6.66. The third-order valence-corrected chi connectivity index (χ3v) is 4.79. The Bertz CT molecular complexity index is 538. The van der Waals surface area contributed by atoms with Crippen LogP contribution in [-0.2, 0) is 16.1 Å². The van der Waals surface area contributed by atoms with Crippen LogP contribution in [0.5, 0.6) is 0 Å². The first kappa shape index (κ1) is 17.4. The quantitative estimate of drug-likeness (QED) is 0.744. The van der Waals surface area contributed by atoms with E-state index in [0.29, 0.717) is 25.7 Å². The van der Waals surface area contributed by atoms with E-state index in [-0.39, 0.29) is 5.91 Å². The van der Waals surface area contributed by atoms with E-state index in [9.17, 15) is 9.90 Å². The maximum Gasteiger partial charge on any atom is 0.254 e. The minimum absolute atomic E-state index is 0.0943. The van der Waals surface area contributed by atoms with E-state index >= 15 is 0 Å². The van der Waals surface area contributed by atoms with Crippen molar-refractivity contribution >= 4 is 11.6 Å². The molecular formula is C18H27N3O3. The molecule has 132 valence electrons. The summed E-state index contributed by atoms with van der Waals surface area (Å²) >= 11 is 0. The number of likely N-dealkylation sites (tertiary alicyclic amines) is 1. The summed E-state index contributed by atoms with van der Waals surface area (Å²) in [5.41, 5.74) is 2.01. The summed E-state index contributed by atoms with van der Waals surface area (Å²) < 4.78 is 5.48. The molecule has 3 N–H and O–H groups in total. The lowest BCUT2D eigenvalue weighted by atomic mass is 9.97. The fourth-order valence-corrected chi connectivity index (χ4v) is 3.29. The molecule has 2 aliphatic rings. The average molecular weight is 333 g/mol. The van der Waals surface area contributed by atoms with Crippen LogP contribution < -0.4 is 10.6 Å². The molecule has 0 spiro atoms. The van der Waals surface area contributed by atoms with Gasteiger partial charge >= 0.3 is 0 Å². The number of nitrogens with zero attached hydrogens (tertiary/aromatic N) is 1. The number of nitrogens with one attached hydrogen (secondary N) is 2. The Kier molecular flexibility index (Phi) is 6.20. The number of anilines is 1. The van der Waals surface area contributed by atoms with Gasteiger partial charge in [-0.3, -0.25) is 9.69 Å². The molecule has 0 aromatic heterocycles. The van der Waals surface area contributed by atoms with E-state index in [0.717, 1.165) is 44.7 Å². The van der Waals surface area contributed by atoms with Crippen LogP contribution in [0, 0.1) is 5.92 Å². The van der Waals surface area contributed by atoms with Crippen LogP contribution in [0.25, 0.3) is 0 Å². The number of aliphatic hydroxyl groups is 1. The third-order valence-electron chi connectivity index (χ3n) is 4.79. The van der Waals surface area contributed by atoms with Gasteiger partial charge in [0.15, 0.2) is 0 Å². The standard InChI is InChI=1S/C18H27N3O3/c22-13-14-4-7-21(8-5-14)12-15-2-1-3-16(10-15)20-18(23)17-11-19-6-9-24-17/h1-3,10,14,17,19,22H,4-9,11-13H2,(H,20,23)/t17-/m1/s1. The van der Waals surface area contributed by atoms with Gasteiger partial charge in [0.25, 0.3) is 5.91 Å². The maximum atomic E-state index is 12.2. The first-order valence-electron chi connectivity index (χ1n) is 8.80. The predicted molar refractivity (Wildman–Crippen MR) is 92.8 cm³/mol. The molecule has 6 nitrogen and oxygen atoms in total. The number of carbonyl (C=O) groups is 1. The normalized spacial score (nSPS) is 23.1. The van der Waals surface area contributed by atoms with Gasteiger partial charge in [-0.15, -0.1) is 0 Å². The molecule has 0 bridgehead atoms. The second kappa shape index (κ2) is 8.58. The topological polar surface area (TPSA) is 73.8 Å². The van der Waals surface area contributed by atoms with E-state index in [1.807, 2.05) is 18.2 Å². The Hall–Kier alpha value is -1.47. The molecule has 2 saturated heterocycles. The van der Waals surface area contributed by atoms with Crippen molar-refractivity contribution in [3.05, 3.63) is 29.8 Å². The number of piperidine rings is 1. The zero-order valence-corrected chi connectivity index (χ0v) is 14.0. The number of hydrogen-bond acceptors (Lipinski definition) is 5. The van der Waals surface area contributed by atoms with Gasteiger partial charge in [-0.05, 0) is 49.5 Å². The summed E-state index contributed by atoms with van der Waals surface area (Å²) in [6.07, 6.45) is 1.69. The highest BCUT2D eigenvalue weighted by atomic mass is 16.5. The van der Waals surface area contributed by atoms with Crippen LogP contribution >= 0.6 is 0 Å². The van der Waals surface area contributed by atoms with Gasteiger partial charge in [0.2, 0.25) is 0 Å². The molecule has 24 heavy (non-hydrogen) atoms. The van der Waals surface area contributed by atoms with Gasteiger partial charge in [0.05, 0.1) is 6.61 Å². The van der Waals surface area contributed by atoms with E-state index in [4.69, 9.17) is 4.74 Å². The number of aliphatic hydroxyl groups excluding tert-OH is 1. The first-order chi connectivity index (χ1) is 11.7. The summed E-state index contributed by atoms with van der Waals surface area (Å²) in [6, 6.07) is 8.01. The summed E-state index contributed by atoms with van der Waals surface area (Å²) in [5, 5.41) is 15.3. The lowest BCUT2D eigenvalue weighted by Crippen LogP contribution is -2.45. The van der Waals surface area contributed by atoms with Crippen molar-refractivity contribution < 1.29 is 14.6 Å². The molecule has 0 aliphatic carbocycles. The summed E-state index contributed by atoms with van der Waals surface area (Å²) in [7, 11) is 0. The number of ether oxygens (including phenoxy) is 1. The van der Waals surface area contributed by atoms with Crippen molar-refractivity contribution in [1.82, 2.24) is 10.2 Å². The van der Waals surface area contributed by atoms with Gasteiger partial charge in [0.1, 0.15) is 6.10 Å².